The van der Waals surface area contributed by atoms with Crippen LogP contribution in [0, 0.1) is 11.8 Å². The van der Waals surface area contributed by atoms with E-state index in [4.69, 9.17) is 21.8 Å². The summed E-state index contributed by atoms with van der Waals surface area (Å²) in [7, 11) is 1.26. The van der Waals surface area contributed by atoms with Crippen LogP contribution in [0.4, 0.5) is 0 Å². The van der Waals surface area contributed by atoms with Crippen molar-refractivity contribution in [3.8, 4) is 0 Å². The quantitative estimate of drug-likeness (QED) is 0.587. The van der Waals surface area contributed by atoms with Crippen molar-refractivity contribution in [2.24, 2.45) is 11.8 Å². The van der Waals surface area contributed by atoms with Crippen molar-refractivity contribution in [2.45, 2.75) is 6.92 Å². The molecule has 2 unspecified atom stereocenters. The van der Waals surface area contributed by atoms with Crippen LogP contribution in [0.15, 0.2) is 52.6 Å². The molecule has 0 saturated heterocycles. The molecular formula is C20H17ClO7. The number of carboxylic acid groups (broad SMARTS) is 2. The molecule has 0 spiro atoms. The summed E-state index contributed by atoms with van der Waals surface area (Å²) in [6, 6.07) is 7.08. The Bertz CT molecular complexity index is 940. The summed E-state index contributed by atoms with van der Waals surface area (Å²) in [5.41, 5.74) is 1.48. The molecule has 0 bridgehead atoms. The lowest BCUT2D eigenvalue weighted by atomic mass is 9.83. The summed E-state index contributed by atoms with van der Waals surface area (Å²) in [6.07, 6.45) is 4.19. The van der Waals surface area contributed by atoms with Gasteiger partial charge >= 0.3 is 17.9 Å². The maximum Gasteiger partial charge on any atom is 0.341 e. The minimum Gasteiger partial charge on any atom is -0.481 e. The fourth-order valence-corrected chi connectivity index (χ4v) is 3.09. The van der Waals surface area contributed by atoms with E-state index in [9.17, 15) is 19.2 Å². The number of hydrogen-bond acceptors (Lipinski definition) is 5. The van der Waals surface area contributed by atoms with Crippen molar-refractivity contribution < 1.29 is 34.1 Å². The number of rotatable bonds is 3. The van der Waals surface area contributed by atoms with E-state index >= 15 is 0 Å². The number of methoxy groups -OCH3 is 1. The van der Waals surface area contributed by atoms with E-state index in [1.807, 2.05) is 6.07 Å². The van der Waals surface area contributed by atoms with Gasteiger partial charge in [-0.25, -0.2) is 9.59 Å². The van der Waals surface area contributed by atoms with Crippen LogP contribution in [0.2, 0.25) is 0 Å². The number of esters is 1. The summed E-state index contributed by atoms with van der Waals surface area (Å²) in [5.74, 6) is -4.46. The Balaban J connectivity index is 0.000000200. The number of benzene rings is 1. The molecule has 0 heterocycles. The highest BCUT2D eigenvalue weighted by Crippen LogP contribution is 2.30. The Morgan fingerprint density at radius 3 is 2.29 bits per heavy atom. The Hall–Kier alpha value is -3.19. The summed E-state index contributed by atoms with van der Waals surface area (Å²) in [6.45, 7) is 1.55. The molecule has 28 heavy (non-hydrogen) atoms. The average Bonchev–Trinajstić information content (AvgIpc) is 3.00. The van der Waals surface area contributed by atoms with Crippen LogP contribution in [0.1, 0.15) is 22.8 Å². The number of carboxylic acids is 2. The summed E-state index contributed by atoms with van der Waals surface area (Å²) in [4.78, 5) is 44.3. The van der Waals surface area contributed by atoms with E-state index in [0.717, 1.165) is 5.56 Å². The number of fused-ring (bicyclic) bond motifs is 1. The second-order valence-corrected chi connectivity index (χ2v) is 6.51. The molecule has 3 rings (SSSR count). The fraction of sp³-hybridized carbons (Fsp3) is 0.200. The molecule has 0 fully saturated rings. The molecule has 1 aromatic rings. The molecule has 146 valence electrons. The minimum absolute atomic E-state index is 0.0323. The smallest absolute Gasteiger partial charge is 0.341 e. The van der Waals surface area contributed by atoms with Crippen molar-refractivity contribution in [3.63, 3.8) is 0 Å². The molecule has 8 heteroatoms. The van der Waals surface area contributed by atoms with Crippen LogP contribution in [0.3, 0.4) is 0 Å². The monoisotopic (exact) mass is 404 g/mol. The van der Waals surface area contributed by atoms with Gasteiger partial charge in [-0.05, 0) is 17.7 Å². The van der Waals surface area contributed by atoms with Crippen molar-refractivity contribution >= 4 is 41.4 Å². The maximum absolute atomic E-state index is 11.6. The van der Waals surface area contributed by atoms with Crippen LogP contribution < -0.4 is 0 Å². The van der Waals surface area contributed by atoms with E-state index in [2.05, 4.69) is 4.74 Å². The SMILES string of the molecule is CC1C(C(=O)O)=CC(Cl)=CC1C(=O)O.COC(=O)C1=Cc2ccccc2C1=O. The predicted molar refractivity (Wildman–Crippen MR) is 101 cm³/mol. The highest BCUT2D eigenvalue weighted by molar-refractivity contribution is 6.32. The van der Waals surface area contributed by atoms with Crippen LogP contribution in [0.5, 0.6) is 0 Å². The predicted octanol–water partition coefficient (Wildman–Crippen LogP) is 2.91. The molecule has 1 aromatic carbocycles. The molecule has 0 aromatic heterocycles. The van der Waals surface area contributed by atoms with Crippen molar-refractivity contribution in [2.75, 3.05) is 7.11 Å². The van der Waals surface area contributed by atoms with Crippen LogP contribution in [-0.4, -0.2) is 41.0 Å². The van der Waals surface area contributed by atoms with E-state index in [-0.39, 0.29) is 22.0 Å². The van der Waals surface area contributed by atoms with Gasteiger partial charge in [-0.1, -0.05) is 48.9 Å². The molecule has 2 aliphatic carbocycles. The largest absolute Gasteiger partial charge is 0.481 e. The van der Waals surface area contributed by atoms with Gasteiger partial charge in [-0.3, -0.25) is 9.59 Å². The van der Waals surface area contributed by atoms with Crippen molar-refractivity contribution in [3.05, 3.63) is 63.7 Å². The van der Waals surface area contributed by atoms with E-state index < -0.39 is 29.7 Å². The molecule has 2 atom stereocenters. The third kappa shape index (κ3) is 4.37. The molecular weight excluding hydrogens is 388 g/mol. The number of halogens is 1. The average molecular weight is 405 g/mol. The number of hydrogen-bond donors (Lipinski definition) is 2. The molecule has 0 amide bonds. The zero-order valence-corrected chi connectivity index (χ0v) is 15.8. The van der Waals surface area contributed by atoms with Gasteiger partial charge in [-0.15, -0.1) is 0 Å². The van der Waals surface area contributed by atoms with Gasteiger partial charge in [0.05, 0.1) is 13.0 Å². The first-order valence-electron chi connectivity index (χ1n) is 8.16. The Labute approximate surface area is 165 Å². The summed E-state index contributed by atoms with van der Waals surface area (Å²) in [5, 5.41) is 17.7. The van der Waals surface area contributed by atoms with E-state index in [1.165, 1.54) is 19.3 Å². The highest BCUT2D eigenvalue weighted by atomic mass is 35.5. The Kier molecular flexibility index (Phi) is 6.53. The first kappa shape index (κ1) is 21.1. The number of aliphatic carboxylic acids is 2. The molecule has 2 aliphatic rings. The van der Waals surface area contributed by atoms with Crippen LogP contribution in [-0.2, 0) is 19.1 Å². The van der Waals surface area contributed by atoms with Gasteiger partial charge in [0.2, 0.25) is 5.78 Å². The molecule has 2 N–H and O–H groups in total. The van der Waals surface area contributed by atoms with Gasteiger partial charge in [0.1, 0.15) is 5.57 Å². The van der Waals surface area contributed by atoms with Gasteiger partial charge in [0, 0.05) is 22.1 Å². The standard InChI is InChI=1S/C11H8O3.C9H9ClO4/c1-14-11(13)9-6-7-4-2-3-5-8(7)10(9)12;1-4-6(8(11)12)2-5(10)3-7(4)9(13)14/h2-6H,1H3;2-4,6H,1H3,(H,11,12)(H,13,14). The normalized spacial score (nSPS) is 20.0. The highest BCUT2D eigenvalue weighted by Gasteiger charge is 2.32. The number of allylic oxidation sites excluding steroid dienone is 2. The van der Waals surface area contributed by atoms with Gasteiger partial charge < -0.3 is 14.9 Å². The number of carbonyl (C=O) groups is 4. The number of ether oxygens (including phenoxy) is 1. The summed E-state index contributed by atoms with van der Waals surface area (Å²) < 4.78 is 4.51. The first-order valence-corrected chi connectivity index (χ1v) is 8.54. The van der Waals surface area contributed by atoms with Gasteiger partial charge in [0.15, 0.2) is 0 Å². The van der Waals surface area contributed by atoms with E-state index in [1.54, 1.807) is 31.2 Å². The number of Topliss-reactive ketones (excluding diaryl/α,β-unsaturated/α-hetero) is 1. The lowest BCUT2D eigenvalue weighted by Gasteiger charge is -2.21. The second kappa shape index (κ2) is 8.67. The topological polar surface area (TPSA) is 118 Å². The van der Waals surface area contributed by atoms with E-state index in [0.29, 0.717) is 5.56 Å². The third-order valence-electron chi connectivity index (χ3n) is 4.35. The van der Waals surface area contributed by atoms with Gasteiger partial charge in [0.25, 0.3) is 0 Å². The number of ketones is 1. The zero-order chi connectivity index (χ0) is 21.0. The minimum atomic E-state index is -1.13. The summed E-state index contributed by atoms with van der Waals surface area (Å²) >= 11 is 5.62. The fourth-order valence-electron chi connectivity index (χ4n) is 2.84. The lowest BCUT2D eigenvalue weighted by molar-refractivity contribution is -0.141. The Morgan fingerprint density at radius 2 is 1.75 bits per heavy atom. The Morgan fingerprint density at radius 1 is 1.11 bits per heavy atom. The molecule has 0 radical (unpaired) electrons. The molecule has 7 nitrogen and oxygen atoms in total. The first-order chi connectivity index (χ1) is 13.2. The third-order valence-corrected chi connectivity index (χ3v) is 4.58. The molecule has 0 saturated carbocycles. The van der Waals surface area contributed by atoms with Crippen molar-refractivity contribution in [1.82, 2.24) is 0 Å². The van der Waals surface area contributed by atoms with Crippen LogP contribution >= 0.6 is 11.6 Å². The maximum atomic E-state index is 11.6. The zero-order valence-electron chi connectivity index (χ0n) is 15.0. The number of carbonyl (C=O) groups excluding carboxylic acids is 2. The second-order valence-electron chi connectivity index (χ2n) is 6.08. The molecule has 0 aliphatic heterocycles. The van der Waals surface area contributed by atoms with Crippen molar-refractivity contribution in [1.29, 1.82) is 0 Å². The van der Waals surface area contributed by atoms with Gasteiger partial charge in [-0.2, -0.15) is 0 Å². The lowest BCUT2D eigenvalue weighted by Crippen LogP contribution is -2.26. The van der Waals surface area contributed by atoms with Crippen LogP contribution in [0.25, 0.3) is 6.08 Å².